The number of aromatic nitrogens is 2. The van der Waals surface area contributed by atoms with Gasteiger partial charge in [0.1, 0.15) is 5.75 Å². The van der Waals surface area contributed by atoms with Crippen molar-refractivity contribution in [1.82, 2.24) is 9.97 Å². The van der Waals surface area contributed by atoms with Crippen molar-refractivity contribution in [2.75, 3.05) is 12.1 Å². The summed E-state index contributed by atoms with van der Waals surface area (Å²) >= 11 is 6.17. The molecule has 6 heteroatoms. The molecule has 0 bridgehead atoms. The number of methoxy groups -OCH3 is 1. The van der Waals surface area contributed by atoms with Crippen molar-refractivity contribution in [2.24, 2.45) is 5.10 Å². The summed E-state index contributed by atoms with van der Waals surface area (Å²) in [4.78, 5) is 10.0. The highest BCUT2D eigenvalue weighted by atomic mass is 35.5. The van der Waals surface area contributed by atoms with Gasteiger partial charge in [-0.15, -0.1) is 0 Å². The van der Waals surface area contributed by atoms with Crippen molar-refractivity contribution in [3.8, 4) is 17.0 Å². The molecule has 6 rings (SSSR count). The van der Waals surface area contributed by atoms with Gasteiger partial charge in [-0.3, -0.25) is 0 Å². The first-order valence-electron chi connectivity index (χ1n) is 11.8. The van der Waals surface area contributed by atoms with E-state index in [1.807, 2.05) is 83.9 Å². The lowest BCUT2D eigenvalue weighted by molar-refractivity contribution is 0.415. The normalized spacial score (nSPS) is 15.2. The quantitative estimate of drug-likeness (QED) is 0.259. The van der Waals surface area contributed by atoms with Crippen molar-refractivity contribution in [1.29, 1.82) is 0 Å². The summed E-state index contributed by atoms with van der Waals surface area (Å²) in [5.74, 6) is 1.38. The van der Waals surface area contributed by atoms with Crippen LogP contribution in [0.15, 0.2) is 108 Å². The Morgan fingerprint density at radius 3 is 2.22 bits per heavy atom. The Labute approximate surface area is 214 Å². The molecule has 0 aliphatic carbocycles. The second-order valence-electron chi connectivity index (χ2n) is 8.65. The van der Waals surface area contributed by atoms with Gasteiger partial charge in [0.25, 0.3) is 0 Å². The van der Waals surface area contributed by atoms with Crippen LogP contribution < -0.4 is 9.75 Å². The van der Waals surface area contributed by atoms with Crippen LogP contribution in [0.5, 0.6) is 5.75 Å². The van der Waals surface area contributed by atoms with Crippen LogP contribution in [0.2, 0.25) is 5.02 Å². The van der Waals surface area contributed by atoms with E-state index in [0.717, 1.165) is 51.2 Å². The van der Waals surface area contributed by atoms with E-state index in [2.05, 4.69) is 24.3 Å². The number of hydrogen-bond donors (Lipinski definition) is 0. The summed E-state index contributed by atoms with van der Waals surface area (Å²) in [6, 6.07) is 34.2. The molecule has 0 amide bonds. The summed E-state index contributed by atoms with van der Waals surface area (Å²) in [5.41, 5.74) is 5.90. The Kier molecular flexibility index (Phi) is 5.84. The Bertz CT molecular complexity index is 1550. The molecule has 5 nitrogen and oxygen atoms in total. The fourth-order valence-corrected chi connectivity index (χ4v) is 4.71. The SMILES string of the molecule is COc1ccc(C2=NN(c3nc(-c4ccc(Cl)cc4)c4ccccc4n3)C(c3ccccc3)C2)cc1. The molecule has 1 atom stereocenters. The maximum atomic E-state index is 6.17. The third-order valence-corrected chi connectivity index (χ3v) is 6.68. The molecule has 0 N–H and O–H groups in total. The van der Waals surface area contributed by atoms with E-state index >= 15 is 0 Å². The first kappa shape index (κ1) is 22.3. The number of anilines is 1. The summed E-state index contributed by atoms with van der Waals surface area (Å²) in [6.07, 6.45) is 0.739. The van der Waals surface area contributed by atoms with Gasteiger partial charge in [-0.1, -0.05) is 72.3 Å². The minimum Gasteiger partial charge on any atom is -0.497 e. The van der Waals surface area contributed by atoms with Gasteiger partial charge in [0.05, 0.1) is 30.1 Å². The zero-order valence-electron chi connectivity index (χ0n) is 19.7. The molecule has 0 radical (unpaired) electrons. The summed E-state index contributed by atoms with van der Waals surface area (Å²) in [5, 5.41) is 8.69. The van der Waals surface area contributed by atoms with Gasteiger partial charge in [-0.25, -0.2) is 15.0 Å². The zero-order chi connectivity index (χ0) is 24.5. The summed E-state index contributed by atoms with van der Waals surface area (Å²) < 4.78 is 5.34. The largest absolute Gasteiger partial charge is 0.497 e. The molecule has 1 unspecified atom stereocenters. The summed E-state index contributed by atoms with van der Waals surface area (Å²) in [7, 11) is 1.67. The van der Waals surface area contributed by atoms with Crippen LogP contribution in [-0.2, 0) is 0 Å². The standard InChI is InChI=1S/C30H23ClN4O/c1-36-24-17-13-20(14-18-24)27-19-28(21-7-3-2-4-8-21)35(34-27)30-32-26-10-6-5-9-25(26)29(33-30)22-11-15-23(31)16-12-22/h2-18,28H,19H2,1H3. The van der Waals surface area contributed by atoms with E-state index in [9.17, 15) is 0 Å². The van der Waals surface area contributed by atoms with E-state index in [0.29, 0.717) is 11.0 Å². The molecule has 0 spiro atoms. The van der Waals surface area contributed by atoms with Gasteiger partial charge in [-0.2, -0.15) is 5.10 Å². The fourth-order valence-electron chi connectivity index (χ4n) is 4.58. The molecule has 1 aliphatic heterocycles. The van der Waals surface area contributed by atoms with Crippen molar-refractivity contribution >= 4 is 34.2 Å². The maximum Gasteiger partial charge on any atom is 0.247 e. The second kappa shape index (κ2) is 9.44. The number of rotatable bonds is 5. The Balaban J connectivity index is 1.50. The number of nitrogens with zero attached hydrogens (tertiary/aromatic N) is 4. The molecule has 2 heterocycles. The van der Waals surface area contributed by atoms with Crippen LogP contribution in [0.3, 0.4) is 0 Å². The molecule has 1 aromatic heterocycles. The molecule has 0 saturated heterocycles. The van der Waals surface area contributed by atoms with Crippen molar-refractivity contribution in [3.05, 3.63) is 119 Å². The smallest absolute Gasteiger partial charge is 0.247 e. The van der Waals surface area contributed by atoms with E-state index in [4.69, 9.17) is 31.4 Å². The zero-order valence-corrected chi connectivity index (χ0v) is 20.4. The average Bonchev–Trinajstić information content (AvgIpc) is 3.39. The number of para-hydroxylation sites is 1. The van der Waals surface area contributed by atoms with E-state index in [-0.39, 0.29) is 6.04 Å². The predicted octanol–water partition coefficient (Wildman–Crippen LogP) is 7.31. The third-order valence-electron chi connectivity index (χ3n) is 6.43. The lowest BCUT2D eigenvalue weighted by Gasteiger charge is -2.23. The maximum absolute atomic E-state index is 6.17. The molecule has 0 saturated carbocycles. The Morgan fingerprint density at radius 1 is 0.778 bits per heavy atom. The molecular weight excluding hydrogens is 468 g/mol. The first-order chi connectivity index (χ1) is 17.7. The lowest BCUT2D eigenvalue weighted by atomic mass is 9.98. The van der Waals surface area contributed by atoms with Gasteiger partial charge in [0.2, 0.25) is 5.95 Å². The molecule has 36 heavy (non-hydrogen) atoms. The van der Waals surface area contributed by atoms with Crippen LogP contribution >= 0.6 is 11.6 Å². The Morgan fingerprint density at radius 2 is 1.47 bits per heavy atom. The van der Waals surface area contributed by atoms with Crippen molar-refractivity contribution in [2.45, 2.75) is 12.5 Å². The second-order valence-corrected chi connectivity index (χ2v) is 9.08. The first-order valence-corrected chi connectivity index (χ1v) is 12.2. The molecule has 0 fully saturated rings. The minimum absolute atomic E-state index is 0.0254. The number of benzene rings is 4. The van der Waals surface area contributed by atoms with Gasteiger partial charge in [0.15, 0.2) is 0 Å². The van der Waals surface area contributed by atoms with Crippen LogP contribution in [0.25, 0.3) is 22.2 Å². The molecule has 1 aliphatic rings. The van der Waals surface area contributed by atoms with Crippen LogP contribution in [0, 0.1) is 0 Å². The lowest BCUT2D eigenvalue weighted by Crippen LogP contribution is -2.21. The van der Waals surface area contributed by atoms with Crippen molar-refractivity contribution in [3.63, 3.8) is 0 Å². The average molecular weight is 491 g/mol. The molecular formula is C30H23ClN4O. The molecule has 4 aromatic carbocycles. The monoisotopic (exact) mass is 490 g/mol. The molecule has 176 valence electrons. The van der Waals surface area contributed by atoms with E-state index in [1.54, 1.807) is 7.11 Å². The number of hydrogen-bond acceptors (Lipinski definition) is 5. The van der Waals surface area contributed by atoms with Gasteiger partial charge in [0, 0.05) is 22.4 Å². The topological polar surface area (TPSA) is 50.6 Å². The number of hydrazone groups is 1. The summed E-state index contributed by atoms with van der Waals surface area (Å²) in [6.45, 7) is 0. The van der Waals surface area contributed by atoms with Gasteiger partial charge in [-0.05, 0) is 53.6 Å². The van der Waals surface area contributed by atoms with Crippen molar-refractivity contribution < 1.29 is 4.74 Å². The van der Waals surface area contributed by atoms with Crippen LogP contribution in [0.1, 0.15) is 23.6 Å². The van der Waals surface area contributed by atoms with E-state index in [1.165, 1.54) is 0 Å². The van der Waals surface area contributed by atoms with Gasteiger partial charge >= 0.3 is 0 Å². The number of halogens is 1. The molecule has 5 aromatic rings. The Hall–Kier alpha value is -4.22. The highest BCUT2D eigenvalue weighted by Gasteiger charge is 2.32. The predicted molar refractivity (Wildman–Crippen MR) is 146 cm³/mol. The third kappa shape index (κ3) is 4.18. The van der Waals surface area contributed by atoms with E-state index < -0.39 is 0 Å². The highest BCUT2D eigenvalue weighted by Crippen LogP contribution is 2.37. The van der Waals surface area contributed by atoms with Crippen LogP contribution in [0.4, 0.5) is 5.95 Å². The fraction of sp³-hybridized carbons (Fsp3) is 0.100. The van der Waals surface area contributed by atoms with Crippen LogP contribution in [-0.4, -0.2) is 22.8 Å². The van der Waals surface area contributed by atoms with Gasteiger partial charge < -0.3 is 4.74 Å². The highest BCUT2D eigenvalue weighted by molar-refractivity contribution is 6.30. The minimum atomic E-state index is -0.0254. The number of ether oxygens (including phenoxy) is 1. The number of fused-ring (bicyclic) bond motifs is 1.